The number of carbonyl (C=O) groups is 1. The second-order valence-corrected chi connectivity index (χ2v) is 5.27. The number of anilines is 1. The first-order valence-corrected chi connectivity index (χ1v) is 6.75. The van der Waals surface area contributed by atoms with E-state index in [1.54, 1.807) is 17.5 Å². The third kappa shape index (κ3) is 2.80. The lowest BCUT2D eigenvalue weighted by atomic mass is 10.2. The Bertz CT molecular complexity index is 495. The van der Waals surface area contributed by atoms with Crippen LogP contribution in [0, 0.1) is 0 Å². The molecule has 5 nitrogen and oxygen atoms in total. The van der Waals surface area contributed by atoms with E-state index >= 15 is 0 Å². The molecule has 0 aromatic carbocycles. The SMILES string of the molecule is CCC(Nc1ncc(C(=O)O)s1)c1nccs1. The fourth-order valence-corrected chi connectivity index (χ4v) is 2.81. The molecule has 0 fully saturated rings. The van der Waals surface area contributed by atoms with Crippen LogP contribution in [0.4, 0.5) is 5.13 Å². The highest BCUT2D eigenvalue weighted by molar-refractivity contribution is 7.17. The van der Waals surface area contributed by atoms with Crippen LogP contribution >= 0.6 is 22.7 Å². The van der Waals surface area contributed by atoms with E-state index in [0.717, 1.165) is 22.8 Å². The molecule has 0 amide bonds. The topological polar surface area (TPSA) is 75.1 Å². The van der Waals surface area contributed by atoms with E-state index in [0.29, 0.717) is 5.13 Å². The van der Waals surface area contributed by atoms with Crippen LogP contribution in [0.25, 0.3) is 0 Å². The van der Waals surface area contributed by atoms with Gasteiger partial charge in [-0.3, -0.25) is 0 Å². The summed E-state index contributed by atoms with van der Waals surface area (Å²) in [5.74, 6) is -0.946. The maximum Gasteiger partial charge on any atom is 0.347 e. The highest BCUT2D eigenvalue weighted by Gasteiger charge is 2.15. The van der Waals surface area contributed by atoms with E-state index in [4.69, 9.17) is 5.11 Å². The first-order valence-electron chi connectivity index (χ1n) is 5.05. The Morgan fingerprint density at radius 2 is 2.41 bits per heavy atom. The highest BCUT2D eigenvalue weighted by Crippen LogP contribution is 2.26. The maximum atomic E-state index is 10.7. The van der Waals surface area contributed by atoms with E-state index < -0.39 is 5.97 Å². The van der Waals surface area contributed by atoms with Crippen LogP contribution in [0.2, 0.25) is 0 Å². The summed E-state index contributed by atoms with van der Waals surface area (Å²) in [5.41, 5.74) is 0. The van der Waals surface area contributed by atoms with Crippen molar-refractivity contribution in [2.75, 3.05) is 5.32 Å². The van der Waals surface area contributed by atoms with Crippen molar-refractivity contribution in [1.29, 1.82) is 0 Å². The summed E-state index contributed by atoms with van der Waals surface area (Å²) < 4.78 is 0. The Kier molecular flexibility index (Phi) is 3.70. The lowest BCUT2D eigenvalue weighted by Crippen LogP contribution is -2.08. The van der Waals surface area contributed by atoms with Gasteiger partial charge in [0.2, 0.25) is 0 Å². The van der Waals surface area contributed by atoms with Crippen LogP contribution in [-0.4, -0.2) is 21.0 Å². The van der Waals surface area contributed by atoms with Crippen molar-refractivity contribution in [3.63, 3.8) is 0 Å². The molecule has 90 valence electrons. The zero-order chi connectivity index (χ0) is 12.3. The summed E-state index contributed by atoms with van der Waals surface area (Å²) in [7, 11) is 0. The molecule has 0 aliphatic carbocycles. The predicted octanol–water partition coefficient (Wildman–Crippen LogP) is 2.86. The number of hydrogen-bond donors (Lipinski definition) is 2. The molecule has 7 heteroatoms. The number of nitrogens with one attached hydrogen (secondary N) is 1. The molecule has 17 heavy (non-hydrogen) atoms. The van der Waals surface area contributed by atoms with Crippen LogP contribution in [0.1, 0.15) is 34.1 Å². The van der Waals surface area contributed by atoms with Gasteiger partial charge in [-0.05, 0) is 6.42 Å². The average molecular weight is 269 g/mol. The van der Waals surface area contributed by atoms with Crippen molar-refractivity contribution in [2.45, 2.75) is 19.4 Å². The average Bonchev–Trinajstić information content (AvgIpc) is 2.96. The minimum Gasteiger partial charge on any atom is -0.477 e. The van der Waals surface area contributed by atoms with Gasteiger partial charge in [-0.2, -0.15) is 0 Å². The van der Waals surface area contributed by atoms with E-state index in [1.807, 2.05) is 12.3 Å². The van der Waals surface area contributed by atoms with Gasteiger partial charge >= 0.3 is 5.97 Å². The third-order valence-corrected chi connectivity index (χ3v) is 3.98. The second-order valence-electron chi connectivity index (χ2n) is 3.31. The van der Waals surface area contributed by atoms with E-state index in [-0.39, 0.29) is 10.9 Å². The first kappa shape index (κ1) is 12.0. The lowest BCUT2D eigenvalue weighted by Gasteiger charge is -2.12. The van der Waals surface area contributed by atoms with Crippen molar-refractivity contribution in [1.82, 2.24) is 9.97 Å². The Hall–Kier alpha value is -1.47. The minimum absolute atomic E-state index is 0.0859. The zero-order valence-electron chi connectivity index (χ0n) is 9.08. The highest BCUT2D eigenvalue weighted by atomic mass is 32.1. The van der Waals surface area contributed by atoms with Gasteiger partial charge < -0.3 is 10.4 Å². The molecule has 0 bridgehead atoms. The van der Waals surface area contributed by atoms with Crippen molar-refractivity contribution in [2.24, 2.45) is 0 Å². The number of aromatic carboxylic acids is 1. The second kappa shape index (κ2) is 5.24. The summed E-state index contributed by atoms with van der Waals surface area (Å²) in [6.07, 6.45) is 3.99. The number of hydrogen-bond acceptors (Lipinski definition) is 6. The van der Waals surface area contributed by atoms with Gasteiger partial charge in [0.15, 0.2) is 5.13 Å². The molecule has 0 aliphatic heterocycles. The fraction of sp³-hybridized carbons (Fsp3) is 0.300. The van der Waals surface area contributed by atoms with Crippen molar-refractivity contribution >= 4 is 33.8 Å². The number of carboxylic acid groups (broad SMARTS) is 1. The fourth-order valence-electron chi connectivity index (χ4n) is 1.33. The van der Waals surface area contributed by atoms with Gasteiger partial charge in [0.25, 0.3) is 0 Å². The van der Waals surface area contributed by atoms with Gasteiger partial charge in [0, 0.05) is 11.6 Å². The predicted molar refractivity (Wildman–Crippen MR) is 67.8 cm³/mol. The largest absolute Gasteiger partial charge is 0.477 e. The smallest absolute Gasteiger partial charge is 0.347 e. The van der Waals surface area contributed by atoms with Gasteiger partial charge in [-0.1, -0.05) is 18.3 Å². The first-order chi connectivity index (χ1) is 8.20. The lowest BCUT2D eigenvalue weighted by molar-refractivity contribution is 0.0702. The molecule has 0 aliphatic rings. The Balaban J connectivity index is 2.10. The Labute approximate surface area is 106 Å². The van der Waals surface area contributed by atoms with Gasteiger partial charge in [0.05, 0.1) is 12.2 Å². The molecule has 1 atom stereocenters. The molecule has 1 unspecified atom stereocenters. The summed E-state index contributed by atoms with van der Waals surface area (Å²) in [5, 5.41) is 15.5. The van der Waals surface area contributed by atoms with E-state index in [9.17, 15) is 4.79 Å². The van der Waals surface area contributed by atoms with Gasteiger partial charge in [-0.25, -0.2) is 14.8 Å². The zero-order valence-corrected chi connectivity index (χ0v) is 10.7. The normalized spacial score (nSPS) is 12.3. The van der Waals surface area contributed by atoms with E-state index in [1.165, 1.54) is 6.20 Å². The van der Waals surface area contributed by atoms with Gasteiger partial charge in [0.1, 0.15) is 9.88 Å². The number of carboxylic acids is 1. The van der Waals surface area contributed by atoms with Crippen molar-refractivity contribution in [3.05, 3.63) is 27.7 Å². The number of thiazole rings is 2. The molecule has 0 radical (unpaired) electrons. The van der Waals surface area contributed by atoms with Crippen LogP contribution in [0.5, 0.6) is 0 Å². The molecule has 0 saturated carbocycles. The Morgan fingerprint density at radius 3 is 2.94 bits per heavy atom. The third-order valence-electron chi connectivity index (χ3n) is 2.17. The van der Waals surface area contributed by atoms with Crippen LogP contribution in [0.15, 0.2) is 17.8 Å². The molecule has 2 aromatic heterocycles. The van der Waals surface area contributed by atoms with E-state index in [2.05, 4.69) is 15.3 Å². The summed E-state index contributed by atoms with van der Waals surface area (Å²) >= 11 is 2.71. The molecular formula is C10H11N3O2S2. The minimum atomic E-state index is -0.946. The van der Waals surface area contributed by atoms with Crippen LogP contribution < -0.4 is 5.32 Å². The summed E-state index contributed by atoms with van der Waals surface area (Å²) in [4.78, 5) is 19.2. The molecule has 2 aromatic rings. The standard InChI is InChI=1S/C10H11N3O2S2/c1-2-6(8-11-3-4-16-8)13-10-12-5-7(17-10)9(14)15/h3-6H,2H2,1H3,(H,12,13)(H,14,15). The summed E-state index contributed by atoms with van der Waals surface area (Å²) in [6, 6.07) is 0.0859. The van der Waals surface area contributed by atoms with Crippen LogP contribution in [0.3, 0.4) is 0 Å². The number of aromatic nitrogens is 2. The molecule has 0 saturated heterocycles. The maximum absolute atomic E-state index is 10.7. The molecular weight excluding hydrogens is 258 g/mol. The van der Waals surface area contributed by atoms with Crippen molar-refractivity contribution < 1.29 is 9.90 Å². The Morgan fingerprint density at radius 1 is 1.59 bits per heavy atom. The molecule has 2 heterocycles. The van der Waals surface area contributed by atoms with Crippen LogP contribution in [-0.2, 0) is 0 Å². The monoisotopic (exact) mass is 269 g/mol. The molecule has 2 N–H and O–H groups in total. The van der Waals surface area contributed by atoms with Gasteiger partial charge in [-0.15, -0.1) is 11.3 Å². The summed E-state index contributed by atoms with van der Waals surface area (Å²) in [6.45, 7) is 2.05. The molecule has 0 spiro atoms. The quantitative estimate of drug-likeness (QED) is 0.873. The number of rotatable bonds is 5. The van der Waals surface area contributed by atoms with Crippen molar-refractivity contribution in [3.8, 4) is 0 Å². The molecule has 2 rings (SSSR count). The number of nitrogens with zero attached hydrogens (tertiary/aromatic N) is 2.